The standard InChI is InChI=1S/C24H16IP.2ClH.Zr/c25-24(17-7-10-19-9-6-14-22(19)24)26(20-11-2-1-3-12-20)23-16-15-18-8-4-5-13-21(18)23;;;/h1-8,10-17H;2*1H;/q-2;;;+4/p-2. The molecule has 0 heterocycles. The summed E-state index contributed by atoms with van der Waals surface area (Å²) in [5.41, 5.74) is 2.60. The quantitative estimate of drug-likeness (QED) is 0.166. The summed E-state index contributed by atoms with van der Waals surface area (Å²) >= 11 is 2.68. The average Bonchev–Trinajstić information content (AvgIpc) is 3.31. The number of allylic oxidation sites excluding steroid dienone is 8. The Balaban J connectivity index is 0.000001000. The van der Waals surface area contributed by atoms with E-state index < -0.39 is 7.92 Å². The third-order valence-electron chi connectivity index (χ3n) is 4.97. The van der Waals surface area contributed by atoms with E-state index in [9.17, 15) is 0 Å². The van der Waals surface area contributed by atoms with Crippen molar-refractivity contribution in [3.05, 3.63) is 114 Å². The molecule has 0 nitrogen and oxygen atoms in total. The van der Waals surface area contributed by atoms with Crippen molar-refractivity contribution in [2.24, 2.45) is 0 Å². The zero-order valence-corrected chi connectivity index (χ0v) is 22.3. The topological polar surface area (TPSA) is 0 Å². The molecule has 3 aromatic carbocycles. The number of rotatable bonds is 3. The summed E-state index contributed by atoms with van der Waals surface area (Å²) in [6.07, 6.45) is 14.5. The van der Waals surface area contributed by atoms with Crippen molar-refractivity contribution in [3.63, 3.8) is 0 Å². The molecule has 0 fully saturated rings. The normalized spacial score (nSPS) is 19.9. The molecule has 142 valence electrons. The molecule has 0 saturated carbocycles. The largest absolute Gasteiger partial charge is 4.00 e. The summed E-state index contributed by atoms with van der Waals surface area (Å²) in [4.78, 5) is 0. The second kappa shape index (κ2) is 10.3. The molecule has 0 aromatic heterocycles. The molecule has 0 bridgehead atoms. The Hall–Kier alpha value is -0.367. The van der Waals surface area contributed by atoms with E-state index in [1.165, 1.54) is 32.5 Å². The van der Waals surface area contributed by atoms with Crippen molar-refractivity contribution in [1.82, 2.24) is 0 Å². The van der Waals surface area contributed by atoms with E-state index in [4.69, 9.17) is 0 Å². The van der Waals surface area contributed by atoms with Crippen LogP contribution in [-0.4, -0.2) is 3.16 Å². The third-order valence-corrected chi connectivity index (χ3v) is 10.1. The summed E-state index contributed by atoms with van der Waals surface area (Å²) in [6, 6.07) is 24.3. The Kier molecular flexibility index (Phi) is 8.84. The molecule has 3 aromatic rings. The van der Waals surface area contributed by atoms with Crippen LogP contribution in [0.5, 0.6) is 0 Å². The summed E-state index contributed by atoms with van der Waals surface area (Å²) in [6.45, 7) is 0. The first kappa shape index (κ1) is 24.9. The van der Waals surface area contributed by atoms with Crippen molar-refractivity contribution in [2.75, 3.05) is 0 Å². The van der Waals surface area contributed by atoms with Crippen LogP contribution in [0.15, 0.2) is 108 Å². The van der Waals surface area contributed by atoms with E-state index in [1.54, 1.807) is 0 Å². The van der Waals surface area contributed by atoms with E-state index in [-0.39, 0.29) is 54.2 Å². The first-order chi connectivity index (χ1) is 12.8. The molecule has 2 atom stereocenters. The second-order valence-electron chi connectivity index (χ2n) is 6.48. The maximum Gasteiger partial charge on any atom is 4.00 e. The van der Waals surface area contributed by atoms with Gasteiger partial charge in [-0.15, -0.1) is 64.1 Å². The molecule has 2 unspecified atom stereocenters. The van der Waals surface area contributed by atoms with Crippen LogP contribution in [-0.2, 0) is 26.2 Å². The number of hydrogen-bond donors (Lipinski definition) is 0. The summed E-state index contributed by atoms with van der Waals surface area (Å²) in [5.74, 6) is 0. The molecule has 0 radical (unpaired) electrons. The van der Waals surface area contributed by atoms with Gasteiger partial charge in [0.25, 0.3) is 0 Å². The molecule has 2 aliphatic rings. The Bertz CT molecular complexity index is 1110. The number of benzene rings is 2. The first-order valence-corrected chi connectivity index (χ1v) is 11.1. The van der Waals surface area contributed by atoms with Crippen LogP contribution in [0, 0.1) is 6.08 Å². The van der Waals surface area contributed by atoms with Crippen LogP contribution in [0.1, 0.15) is 0 Å². The number of hydrogen-bond acceptors (Lipinski definition) is 0. The Morgan fingerprint density at radius 1 is 0.897 bits per heavy atom. The van der Waals surface area contributed by atoms with Gasteiger partial charge in [-0.3, -0.25) is 0 Å². The van der Waals surface area contributed by atoms with Gasteiger partial charge in [-0.1, -0.05) is 73.0 Å². The van der Waals surface area contributed by atoms with Crippen LogP contribution in [0.25, 0.3) is 10.8 Å². The van der Waals surface area contributed by atoms with E-state index >= 15 is 0 Å². The van der Waals surface area contributed by atoms with Gasteiger partial charge in [-0.25, -0.2) is 0 Å². The predicted octanol–water partition coefficient (Wildman–Crippen LogP) is -0.0762. The van der Waals surface area contributed by atoms with Crippen LogP contribution < -0.4 is 35.4 Å². The maximum absolute atomic E-state index is 3.40. The number of halogens is 3. The molecule has 0 saturated heterocycles. The molecule has 29 heavy (non-hydrogen) atoms. The number of fused-ring (bicyclic) bond motifs is 2. The monoisotopic (exact) mass is 622 g/mol. The fourth-order valence-electron chi connectivity index (χ4n) is 3.79. The van der Waals surface area contributed by atoms with Crippen LogP contribution in [0.2, 0.25) is 0 Å². The minimum Gasteiger partial charge on any atom is -1.00 e. The summed E-state index contributed by atoms with van der Waals surface area (Å²) in [7, 11) is -0.615. The minimum absolute atomic E-state index is 0. The van der Waals surface area contributed by atoms with Crippen molar-refractivity contribution in [3.8, 4) is 0 Å². The molecule has 5 rings (SSSR count). The van der Waals surface area contributed by atoms with Crippen molar-refractivity contribution in [1.29, 1.82) is 0 Å². The van der Waals surface area contributed by atoms with Crippen molar-refractivity contribution >= 4 is 51.9 Å². The van der Waals surface area contributed by atoms with E-state index in [0.29, 0.717) is 0 Å². The van der Waals surface area contributed by atoms with E-state index in [0.717, 1.165) is 0 Å². The van der Waals surface area contributed by atoms with Gasteiger partial charge in [0, 0.05) is 3.16 Å². The Labute approximate surface area is 218 Å². The molecular formula is C24H16Cl2IPZr. The van der Waals surface area contributed by atoms with E-state index in [1.807, 2.05) is 0 Å². The van der Waals surface area contributed by atoms with Gasteiger partial charge in [0.2, 0.25) is 0 Å². The fraction of sp³-hybridized carbons (Fsp3) is 0.0417. The molecule has 5 heteroatoms. The van der Waals surface area contributed by atoms with Crippen LogP contribution in [0.3, 0.4) is 0 Å². The molecule has 0 aliphatic heterocycles. The zero-order valence-electron chi connectivity index (χ0n) is 15.3. The van der Waals surface area contributed by atoms with E-state index in [2.05, 4.69) is 126 Å². The SMILES string of the molecule is IC1(P(c2ccccc2)[c-]2ccc3ccccc32)C=CC=C2[C-]=CC=C21.[Cl-].[Cl-].[Zr+4]. The Morgan fingerprint density at radius 3 is 2.41 bits per heavy atom. The minimum atomic E-state index is -0.615. The van der Waals surface area contributed by atoms with Gasteiger partial charge in [-0.05, 0) is 5.30 Å². The second-order valence-corrected chi connectivity index (χ2v) is 11.4. The number of alkyl halides is 1. The first-order valence-electron chi connectivity index (χ1n) is 8.66. The van der Waals surface area contributed by atoms with Gasteiger partial charge >= 0.3 is 26.2 Å². The van der Waals surface area contributed by atoms with Gasteiger partial charge in [-0.2, -0.15) is 23.8 Å². The van der Waals surface area contributed by atoms with Gasteiger partial charge in [0.15, 0.2) is 0 Å². The smallest absolute Gasteiger partial charge is 1.00 e. The summed E-state index contributed by atoms with van der Waals surface area (Å²) < 4.78 is -0.0738. The van der Waals surface area contributed by atoms with Crippen molar-refractivity contribution in [2.45, 2.75) is 3.16 Å². The molecule has 0 N–H and O–H groups in total. The molecule has 0 amide bonds. The third kappa shape index (κ3) is 4.35. The van der Waals surface area contributed by atoms with Crippen LogP contribution in [0.4, 0.5) is 0 Å². The maximum atomic E-state index is 3.40. The average molecular weight is 624 g/mol. The van der Waals surface area contributed by atoms with Gasteiger partial charge in [0.1, 0.15) is 0 Å². The summed E-state index contributed by atoms with van der Waals surface area (Å²) in [5, 5.41) is 5.56. The van der Waals surface area contributed by atoms with Gasteiger partial charge < -0.3 is 24.8 Å². The molecular weight excluding hydrogens is 608 g/mol. The molecule has 2 aliphatic carbocycles. The zero-order chi connectivity index (χ0) is 17.6. The van der Waals surface area contributed by atoms with Crippen molar-refractivity contribution < 1.29 is 51.0 Å². The Morgan fingerprint density at radius 2 is 1.62 bits per heavy atom. The predicted molar refractivity (Wildman–Crippen MR) is 122 cm³/mol. The van der Waals surface area contributed by atoms with Crippen LogP contribution >= 0.6 is 30.5 Å². The van der Waals surface area contributed by atoms with Gasteiger partial charge in [0.05, 0.1) is 0 Å². The molecule has 0 spiro atoms. The fourth-order valence-corrected chi connectivity index (χ4v) is 8.90.